The standard InChI is InChI=1S/C6H5ClN2O2/c7-5-3-4(9(10)11)1-2-6(5)8/h1-3H,8H2/p+1. The minimum atomic E-state index is -0.495. The molecule has 0 saturated heterocycles. The summed E-state index contributed by atoms with van der Waals surface area (Å²) in [6, 6.07) is 4.17. The van der Waals surface area contributed by atoms with E-state index in [-0.39, 0.29) is 5.69 Å². The van der Waals surface area contributed by atoms with Gasteiger partial charge in [-0.2, -0.15) is 0 Å². The molecule has 0 atom stereocenters. The average Bonchev–Trinajstić information content (AvgIpc) is 1.94. The Morgan fingerprint density at radius 1 is 1.55 bits per heavy atom. The summed E-state index contributed by atoms with van der Waals surface area (Å²) < 4.78 is 0. The smallest absolute Gasteiger partial charge is 0.271 e. The summed E-state index contributed by atoms with van der Waals surface area (Å²) in [4.78, 5) is 9.70. The zero-order valence-electron chi connectivity index (χ0n) is 5.58. The number of hydrogen-bond acceptors (Lipinski definition) is 2. The fourth-order valence-electron chi connectivity index (χ4n) is 0.650. The molecular weight excluding hydrogens is 168 g/mol. The topological polar surface area (TPSA) is 70.8 Å². The van der Waals surface area contributed by atoms with Gasteiger partial charge in [0, 0.05) is 18.2 Å². The van der Waals surface area contributed by atoms with Crippen molar-refractivity contribution in [3.8, 4) is 0 Å². The first-order valence-corrected chi connectivity index (χ1v) is 3.25. The van der Waals surface area contributed by atoms with Crippen LogP contribution in [0.3, 0.4) is 0 Å². The Balaban J connectivity index is 3.15. The van der Waals surface area contributed by atoms with Gasteiger partial charge >= 0.3 is 0 Å². The molecule has 0 amide bonds. The molecule has 0 heterocycles. The maximum atomic E-state index is 10.2. The monoisotopic (exact) mass is 173 g/mol. The highest BCUT2D eigenvalue weighted by Crippen LogP contribution is 2.22. The van der Waals surface area contributed by atoms with Gasteiger partial charge in [0.1, 0.15) is 10.7 Å². The Kier molecular flexibility index (Phi) is 2.07. The van der Waals surface area contributed by atoms with Crippen LogP contribution in [-0.2, 0) is 0 Å². The van der Waals surface area contributed by atoms with E-state index in [2.05, 4.69) is 5.73 Å². The van der Waals surface area contributed by atoms with E-state index in [1.807, 2.05) is 0 Å². The number of nitro groups is 1. The van der Waals surface area contributed by atoms with E-state index in [4.69, 9.17) is 11.6 Å². The van der Waals surface area contributed by atoms with Gasteiger partial charge < -0.3 is 5.73 Å². The molecule has 0 aliphatic rings. The minimum Gasteiger partial charge on any atom is -0.324 e. The largest absolute Gasteiger partial charge is 0.324 e. The fraction of sp³-hybridized carbons (Fsp3) is 0. The summed E-state index contributed by atoms with van der Waals surface area (Å²) in [5, 5.41) is 10.5. The lowest BCUT2D eigenvalue weighted by Crippen LogP contribution is -2.40. The van der Waals surface area contributed by atoms with Crippen molar-refractivity contribution in [3.63, 3.8) is 0 Å². The fourth-order valence-corrected chi connectivity index (χ4v) is 0.825. The lowest BCUT2D eigenvalue weighted by Gasteiger charge is -1.92. The normalized spacial score (nSPS) is 9.64. The summed E-state index contributed by atoms with van der Waals surface area (Å²) in [6.45, 7) is 0. The van der Waals surface area contributed by atoms with Crippen molar-refractivity contribution in [2.24, 2.45) is 0 Å². The van der Waals surface area contributed by atoms with Crippen LogP contribution in [0.4, 0.5) is 11.4 Å². The molecule has 0 spiro atoms. The number of nitro benzene ring substituents is 1. The Labute approximate surface area is 67.7 Å². The van der Waals surface area contributed by atoms with Crippen molar-refractivity contribution in [1.29, 1.82) is 0 Å². The first-order valence-electron chi connectivity index (χ1n) is 2.87. The second-order valence-corrected chi connectivity index (χ2v) is 2.44. The van der Waals surface area contributed by atoms with E-state index in [1.165, 1.54) is 18.2 Å². The summed E-state index contributed by atoms with van der Waals surface area (Å²) >= 11 is 5.59. The van der Waals surface area contributed by atoms with Crippen LogP contribution in [0.5, 0.6) is 0 Å². The Morgan fingerprint density at radius 2 is 2.18 bits per heavy atom. The van der Waals surface area contributed by atoms with Crippen molar-refractivity contribution in [3.05, 3.63) is 33.3 Å². The third-order valence-electron chi connectivity index (χ3n) is 1.25. The molecule has 0 fully saturated rings. The second-order valence-electron chi connectivity index (χ2n) is 2.03. The number of halogens is 1. The van der Waals surface area contributed by atoms with Crippen LogP contribution in [-0.4, -0.2) is 4.92 Å². The van der Waals surface area contributed by atoms with Crippen molar-refractivity contribution in [2.45, 2.75) is 0 Å². The number of nitrogens with zero attached hydrogens (tertiary/aromatic N) is 1. The molecule has 0 aliphatic heterocycles. The SMILES string of the molecule is [NH3+]c1ccc([N+](=O)[O-])cc1Cl. The first-order chi connectivity index (χ1) is 5.11. The molecule has 3 N–H and O–H groups in total. The first kappa shape index (κ1) is 7.97. The van der Waals surface area contributed by atoms with Crippen LogP contribution in [0.2, 0.25) is 5.02 Å². The lowest BCUT2D eigenvalue weighted by molar-refractivity contribution is -0.385. The number of hydrogen-bond donors (Lipinski definition) is 1. The maximum absolute atomic E-state index is 10.2. The Hall–Kier alpha value is -1.13. The van der Waals surface area contributed by atoms with Crippen molar-refractivity contribution < 1.29 is 10.7 Å². The molecule has 1 aromatic carbocycles. The van der Waals surface area contributed by atoms with Gasteiger partial charge in [0.25, 0.3) is 5.69 Å². The van der Waals surface area contributed by atoms with Gasteiger partial charge in [0.15, 0.2) is 0 Å². The van der Waals surface area contributed by atoms with Crippen molar-refractivity contribution in [2.75, 3.05) is 0 Å². The van der Waals surface area contributed by atoms with E-state index in [0.29, 0.717) is 10.7 Å². The molecule has 0 saturated carbocycles. The summed E-state index contributed by atoms with van der Waals surface area (Å²) in [5.41, 5.74) is 4.15. The number of benzene rings is 1. The Morgan fingerprint density at radius 3 is 2.64 bits per heavy atom. The summed E-state index contributed by atoms with van der Waals surface area (Å²) in [7, 11) is 0. The molecular formula is C6H6ClN2O2+. The van der Waals surface area contributed by atoms with Gasteiger partial charge in [0.05, 0.1) is 4.92 Å². The molecule has 1 aromatic rings. The quantitative estimate of drug-likeness (QED) is 0.511. The lowest BCUT2D eigenvalue weighted by atomic mass is 10.3. The van der Waals surface area contributed by atoms with Gasteiger partial charge in [-0.15, -0.1) is 0 Å². The molecule has 4 nitrogen and oxygen atoms in total. The molecule has 5 heteroatoms. The average molecular weight is 174 g/mol. The number of quaternary nitrogens is 1. The van der Waals surface area contributed by atoms with Gasteiger partial charge in [-0.3, -0.25) is 10.1 Å². The van der Waals surface area contributed by atoms with Crippen LogP contribution in [0.15, 0.2) is 18.2 Å². The summed E-state index contributed by atoms with van der Waals surface area (Å²) in [5.74, 6) is 0. The highest BCUT2D eigenvalue weighted by molar-refractivity contribution is 6.32. The van der Waals surface area contributed by atoms with Crippen LogP contribution in [0.25, 0.3) is 0 Å². The third-order valence-corrected chi connectivity index (χ3v) is 1.60. The molecule has 1 rings (SSSR count). The van der Waals surface area contributed by atoms with Gasteiger partial charge in [-0.25, -0.2) is 0 Å². The number of non-ortho nitro benzene ring substituents is 1. The van der Waals surface area contributed by atoms with E-state index in [9.17, 15) is 10.1 Å². The molecule has 0 radical (unpaired) electrons. The van der Waals surface area contributed by atoms with Gasteiger partial charge in [0.2, 0.25) is 0 Å². The maximum Gasteiger partial charge on any atom is 0.271 e. The zero-order valence-corrected chi connectivity index (χ0v) is 6.34. The van der Waals surface area contributed by atoms with Gasteiger partial charge in [-0.05, 0) is 0 Å². The molecule has 0 unspecified atom stereocenters. The molecule has 11 heavy (non-hydrogen) atoms. The zero-order chi connectivity index (χ0) is 8.43. The highest BCUT2D eigenvalue weighted by atomic mass is 35.5. The number of rotatable bonds is 1. The van der Waals surface area contributed by atoms with Crippen LogP contribution >= 0.6 is 11.6 Å². The molecule has 0 bridgehead atoms. The van der Waals surface area contributed by atoms with E-state index in [1.54, 1.807) is 0 Å². The predicted molar refractivity (Wildman–Crippen MR) is 40.7 cm³/mol. The molecule has 0 aliphatic carbocycles. The van der Waals surface area contributed by atoms with E-state index in [0.717, 1.165) is 0 Å². The molecule has 0 aromatic heterocycles. The third kappa shape index (κ3) is 1.66. The van der Waals surface area contributed by atoms with Crippen LogP contribution in [0.1, 0.15) is 0 Å². The van der Waals surface area contributed by atoms with Crippen LogP contribution < -0.4 is 5.73 Å². The van der Waals surface area contributed by atoms with Gasteiger partial charge in [-0.1, -0.05) is 11.6 Å². The predicted octanol–water partition coefficient (Wildman–Crippen LogP) is 1.12. The van der Waals surface area contributed by atoms with Crippen molar-refractivity contribution in [1.82, 2.24) is 0 Å². The molecule has 58 valence electrons. The van der Waals surface area contributed by atoms with E-state index < -0.39 is 4.92 Å². The second kappa shape index (κ2) is 2.86. The summed E-state index contributed by atoms with van der Waals surface area (Å²) in [6.07, 6.45) is 0. The van der Waals surface area contributed by atoms with Crippen molar-refractivity contribution >= 4 is 23.0 Å². The Bertz CT molecular complexity index is 301. The highest BCUT2D eigenvalue weighted by Gasteiger charge is 2.08. The minimum absolute atomic E-state index is 0.0117. The van der Waals surface area contributed by atoms with E-state index >= 15 is 0 Å². The van der Waals surface area contributed by atoms with Crippen LogP contribution in [0, 0.1) is 10.1 Å².